The second kappa shape index (κ2) is 9.88. The molecule has 1 saturated heterocycles. The third-order valence-electron chi connectivity index (χ3n) is 6.14. The Bertz CT molecular complexity index is 978. The molecule has 1 aliphatic heterocycles. The van der Waals surface area contributed by atoms with Crippen LogP contribution in [0.15, 0.2) is 24.4 Å². The van der Waals surface area contributed by atoms with Gasteiger partial charge in [0.15, 0.2) is 11.6 Å². The Labute approximate surface area is 193 Å². The number of halogens is 1. The summed E-state index contributed by atoms with van der Waals surface area (Å²) in [4.78, 5) is 23.0. The number of hydrogen-bond acceptors (Lipinski definition) is 8. The van der Waals surface area contributed by atoms with Gasteiger partial charge < -0.3 is 31.7 Å². The van der Waals surface area contributed by atoms with Gasteiger partial charge in [0.05, 0.1) is 29.7 Å². The van der Waals surface area contributed by atoms with Crippen molar-refractivity contribution in [1.82, 2.24) is 9.97 Å². The minimum atomic E-state index is -0.773. The van der Waals surface area contributed by atoms with E-state index in [1.807, 2.05) is 26.0 Å². The van der Waals surface area contributed by atoms with Gasteiger partial charge in [0, 0.05) is 25.2 Å². The number of primary amides is 1. The summed E-state index contributed by atoms with van der Waals surface area (Å²) >= 11 is 0. The number of ether oxygens (including phenoxy) is 1. The summed E-state index contributed by atoms with van der Waals surface area (Å²) in [7, 11) is 0. The van der Waals surface area contributed by atoms with E-state index in [1.54, 1.807) is 6.20 Å². The van der Waals surface area contributed by atoms with Gasteiger partial charge in [0.1, 0.15) is 11.6 Å². The summed E-state index contributed by atoms with van der Waals surface area (Å²) in [5, 5.41) is 6.18. The van der Waals surface area contributed by atoms with E-state index in [0.717, 1.165) is 50.7 Å². The second-order valence-electron chi connectivity index (χ2n) is 8.97. The zero-order valence-corrected chi connectivity index (χ0v) is 19.1. The first-order chi connectivity index (χ1) is 15.8. The van der Waals surface area contributed by atoms with Crippen molar-refractivity contribution in [2.75, 3.05) is 28.6 Å². The maximum Gasteiger partial charge on any atom is 0.252 e. The molecule has 0 radical (unpaired) electrons. The van der Waals surface area contributed by atoms with Gasteiger partial charge in [-0.15, -0.1) is 0 Å². The molecule has 0 spiro atoms. The fraction of sp³-hybridized carbons (Fsp3) is 0.522. The van der Waals surface area contributed by atoms with Crippen LogP contribution in [0.25, 0.3) is 0 Å². The number of nitrogens with one attached hydrogen (secondary N) is 2. The number of hydrogen-bond donors (Lipinski definition) is 4. The Morgan fingerprint density at radius 3 is 2.55 bits per heavy atom. The Kier molecular flexibility index (Phi) is 6.94. The van der Waals surface area contributed by atoms with Crippen molar-refractivity contribution in [3.8, 4) is 0 Å². The Morgan fingerprint density at radius 2 is 1.91 bits per heavy atom. The molecule has 1 amide bonds. The standard InChI is InChI=1S/C23H32FN7O2/c1-13-11-31(12-14(2)33-13)20-8-7-15(10-27-20)28-22-16(21(26)32)9-17(24)23(30-22)29-19-6-4-3-5-18(19)25/h7-10,13-14,18-19H,3-6,11-12,25H2,1-2H3,(H2,26,32)(H2,28,29,30). The smallest absolute Gasteiger partial charge is 0.252 e. The molecule has 2 fully saturated rings. The van der Waals surface area contributed by atoms with Crippen LogP contribution in [-0.4, -0.2) is 53.3 Å². The van der Waals surface area contributed by atoms with Crippen molar-refractivity contribution in [3.05, 3.63) is 35.8 Å². The van der Waals surface area contributed by atoms with Crippen LogP contribution in [0.1, 0.15) is 49.9 Å². The first-order valence-corrected chi connectivity index (χ1v) is 11.5. The van der Waals surface area contributed by atoms with Crippen molar-refractivity contribution in [1.29, 1.82) is 0 Å². The van der Waals surface area contributed by atoms with Gasteiger partial charge in [-0.1, -0.05) is 12.8 Å². The number of carbonyl (C=O) groups is 1. The molecule has 0 bridgehead atoms. The normalized spacial score (nSPS) is 25.5. The molecule has 3 heterocycles. The van der Waals surface area contributed by atoms with Gasteiger partial charge in [-0.05, 0) is 44.9 Å². The minimum absolute atomic E-state index is 0.0362. The highest BCUT2D eigenvalue weighted by Crippen LogP contribution is 2.27. The molecular weight excluding hydrogens is 425 g/mol. The molecule has 4 rings (SSSR count). The fourth-order valence-corrected chi connectivity index (χ4v) is 4.54. The van der Waals surface area contributed by atoms with E-state index in [-0.39, 0.29) is 41.5 Å². The maximum atomic E-state index is 14.7. The molecule has 4 unspecified atom stereocenters. The lowest BCUT2D eigenvalue weighted by Gasteiger charge is -2.36. The lowest BCUT2D eigenvalue weighted by Crippen LogP contribution is -2.45. The van der Waals surface area contributed by atoms with Crippen molar-refractivity contribution in [2.24, 2.45) is 11.5 Å². The highest BCUT2D eigenvalue weighted by Gasteiger charge is 2.25. The van der Waals surface area contributed by atoms with Crippen molar-refractivity contribution in [3.63, 3.8) is 0 Å². The number of pyridine rings is 2. The molecule has 2 aromatic rings. The molecule has 1 saturated carbocycles. The summed E-state index contributed by atoms with van der Waals surface area (Å²) in [6.45, 7) is 5.59. The lowest BCUT2D eigenvalue weighted by atomic mass is 9.91. The zero-order chi connectivity index (χ0) is 23.5. The number of aromatic nitrogens is 2. The fourth-order valence-electron chi connectivity index (χ4n) is 4.54. The van der Waals surface area contributed by atoms with Crippen molar-refractivity contribution in [2.45, 2.75) is 63.8 Å². The summed E-state index contributed by atoms with van der Waals surface area (Å²) in [6, 6.07) is 4.68. The highest BCUT2D eigenvalue weighted by atomic mass is 19.1. The average Bonchev–Trinajstić information content (AvgIpc) is 2.77. The average molecular weight is 458 g/mol. The molecule has 6 N–H and O–H groups in total. The molecule has 4 atom stereocenters. The molecule has 0 aromatic carbocycles. The van der Waals surface area contributed by atoms with Crippen molar-refractivity contribution >= 4 is 29.0 Å². The van der Waals surface area contributed by atoms with E-state index in [9.17, 15) is 9.18 Å². The predicted octanol–water partition coefficient (Wildman–Crippen LogP) is 2.75. The SMILES string of the molecule is CC1CN(c2ccc(Nc3nc(NC4CCCCC4N)c(F)cc3C(N)=O)cn2)CC(C)O1. The van der Waals surface area contributed by atoms with Crippen LogP contribution in [0.2, 0.25) is 0 Å². The first kappa shape index (κ1) is 23.2. The number of nitrogens with zero attached hydrogens (tertiary/aromatic N) is 3. The minimum Gasteiger partial charge on any atom is -0.372 e. The van der Waals surface area contributed by atoms with Crippen LogP contribution in [0.3, 0.4) is 0 Å². The molecular formula is C23H32FN7O2. The van der Waals surface area contributed by atoms with Gasteiger partial charge in [0.25, 0.3) is 5.91 Å². The summed E-state index contributed by atoms with van der Waals surface area (Å²) < 4.78 is 20.5. The molecule has 2 aromatic heterocycles. The van der Waals surface area contributed by atoms with Gasteiger partial charge in [-0.25, -0.2) is 14.4 Å². The van der Waals surface area contributed by atoms with Crippen LogP contribution in [0.4, 0.5) is 27.5 Å². The predicted molar refractivity (Wildman–Crippen MR) is 126 cm³/mol. The Balaban J connectivity index is 1.54. The Hall–Kier alpha value is -2.98. The quantitative estimate of drug-likeness (QED) is 0.521. The van der Waals surface area contributed by atoms with Crippen LogP contribution < -0.4 is 27.0 Å². The second-order valence-corrected chi connectivity index (χ2v) is 8.97. The number of amides is 1. The Morgan fingerprint density at radius 1 is 1.18 bits per heavy atom. The maximum absolute atomic E-state index is 14.7. The van der Waals surface area contributed by atoms with E-state index in [0.29, 0.717) is 5.69 Å². The number of nitrogens with two attached hydrogens (primary N) is 2. The van der Waals surface area contributed by atoms with E-state index in [4.69, 9.17) is 16.2 Å². The molecule has 10 heteroatoms. The monoisotopic (exact) mass is 457 g/mol. The first-order valence-electron chi connectivity index (χ1n) is 11.5. The molecule has 2 aliphatic rings. The largest absolute Gasteiger partial charge is 0.372 e. The van der Waals surface area contributed by atoms with Crippen molar-refractivity contribution < 1.29 is 13.9 Å². The van der Waals surface area contributed by atoms with Crippen LogP contribution in [-0.2, 0) is 4.74 Å². The molecule has 33 heavy (non-hydrogen) atoms. The molecule has 1 aliphatic carbocycles. The third-order valence-corrected chi connectivity index (χ3v) is 6.14. The topological polar surface area (TPSA) is 131 Å². The van der Waals surface area contributed by atoms with Gasteiger partial charge in [-0.3, -0.25) is 4.79 Å². The van der Waals surface area contributed by atoms with E-state index < -0.39 is 11.7 Å². The van der Waals surface area contributed by atoms with Crippen LogP contribution in [0.5, 0.6) is 0 Å². The highest BCUT2D eigenvalue weighted by molar-refractivity contribution is 5.98. The third kappa shape index (κ3) is 5.51. The van der Waals surface area contributed by atoms with Gasteiger partial charge in [-0.2, -0.15) is 0 Å². The van der Waals surface area contributed by atoms with E-state index in [2.05, 4.69) is 25.5 Å². The van der Waals surface area contributed by atoms with Gasteiger partial charge in [0.2, 0.25) is 0 Å². The van der Waals surface area contributed by atoms with E-state index >= 15 is 0 Å². The number of morpholine rings is 1. The van der Waals surface area contributed by atoms with Crippen LogP contribution in [0, 0.1) is 5.82 Å². The molecule has 178 valence electrons. The summed E-state index contributed by atoms with van der Waals surface area (Å²) in [6.07, 6.45) is 5.70. The zero-order valence-electron chi connectivity index (χ0n) is 19.1. The molecule has 9 nitrogen and oxygen atoms in total. The summed E-state index contributed by atoms with van der Waals surface area (Å²) in [5.74, 6) is -0.370. The van der Waals surface area contributed by atoms with E-state index in [1.165, 1.54) is 0 Å². The number of rotatable bonds is 6. The van der Waals surface area contributed by atoms with Crippen LogP contribution >= 0.6 is 0 Å². The lowest BCUT2D eigenvalue weighted by molar-refractivity contribution is -0.00545. The number of carbonyl (C=O) groups excluding carboxylic acids is 1. The number of anilines is 4. The summed E-state index contributed by atoms with van der Waals surface area (Å²) in [5.41, 5.74) is 12.2. The van der Waals surface area contributed by atoms with Gasteiger partial charge >= 0.3 is 0 Å².